The first-order valence-corrected chi connectivity index (χ1v) is 3.91. The van der Waals surface area contributed by atoms with Crippen LogP contribution in [0.1, 0.15) is 32.1 Å². The van der Waals surface area contributed by atoms with Gasteiger partial charge in [-0.1, -0.05) is 19.3 Å². The molecule has 1 aliphatic rings. The zero-order valence-corrected chi connectivity index (χ0v) is 6.44. The summed E-state index contributed by atoms with van der Waals surface area (Å²) in [5.41, 5.74) is 0. The van der Waals surface area contributed by atoms with Gasteiger partial charge in [-0.25, -0.2) is 0 Å². The van der Waals surface area contributed by atoms with Crippen LogP contribution < -0.4 is 5.32 Å². The molecule has 1 amide bonds. The molecule has 10 heavy (non-hydrogen) atoms. The van der Waals surface area contributed by atoms with Crippen LogP contribution in [-0.4, -0.2) is 13.0 Å². The van der Waals surface area contributed by atoms with Gasteiger partial charge in [0.05, 0.1) is 5.92 Å². The van der Waals surface area contributed by atoms with Crippen LogP contribution in [0.2, 0.25) is 0 Å². The fourth-order valence-corrected chi connectivity index (χ4v) is 1.38. The Morgan fingerprint density at radius 3 is 2.40 bits per heavy atom. The molecule has 1 radical (unpaired) electrons. The first kappa shape index (κ1) is 7.58. The Kier molecular flexibility index (Phi) is 2.72. The van der Waals surface area contributed by atoms with Crippen LogP contribution in [-0.2, 0) is 4.79 Å². The van der Waals surface area contributed by atoms with Crippen molar-refractivity contribution in [1.82, 2.24) is 5.32 Å². The Morgan fingerprint density at radius 1 is 1.30 bits per heavy atom. The first-order valence-electron chi connectivity index (χ1n) is 3.91. The monoisotopic (exact) mass is 140 g/mol. The molecule has 1 rings (SSSR count). The molecular formula is C8H14NO. The molecule has 1 saturated carbocycles. The van der Waals surface area contributed by atoms with E-state index in [9.17, 15) is 4.79 Å². The van der Waals surface area contributed by atoms with Gasteiger partial charge in [0, 0.05) is 7.05 Å². The Bertz CT molecular complexity index is 116. The number of hydrogen-bond acceptors (Lipinski definition) is 1. The van der Waals surface area contributed by atoms with E-state index in [4.69, 9.17) is 0 Å². The van der Waals surface area contributed by atoms with E-state index in [-0.39, 0.29) is 5.91 Å². The van der Waals surface area contributed by atoms with Crippen LogP contribution in [0, 0.1) is 5.92 Å². The highest BCUT2D eigenvalue weighted by Crippen LogP contribution is 2.25. The lowest BCUT2D eigenvalue weighted by molar-refractivity contribution is -0.119. The Balaban J connectivity index is 2.31. The highest BCUT2D eigenvalue weighted by atomic mass is 16.1. The summed E-state index contributed by atoms with van der Waals surface area (Å²) < 4.78 is 0. The number of carbonyl (C=O) groups is 1. The predicted molar refractivity (Wildman–Crippen MR) is 40.4 cm³/mol. The molecule has 0 aromatic carbocycles. The molecule has 0 aromatic heterocycles. The van der Waals surface area contributed by atoms with Crippen LogP contribution in [0.5, 0.6) is 0 Å². The summed E-state index contributed by atoms with van der Waals surface area (Å²) in [7, 11) is 1.70. The van der Waals surface area contributed by atoms with Crippen molar-refractivity contribution in [3.05, 3.63) is 5.92 Å². The molecular weight excluding hydrogens is 126 g/mol. The lowest BCUT2D eigenvalue weighted by atomic mass is 9.89. The lowest BCUT2D eigenvalue weighted by Crippen LogP contribution is -2.27. The summed E-state index contributed by atoms with van der Waals surface area (Å²) in [5.74, 6) is 1.24. The van der Waals surface area contributed by atoms with Gasteiger partial charge in [0.15, 0.2) is 0 Å². The van der Waals surface area contributed by atoms with E-state index in [1.165, 1.54) is 19.3 Å². The molecule has 2 nitrogen and oxygen atoms in total. The second-order valence-corrected chi connectivity index (χ2v) is 2.74. The molecule has 0 aliphatic heterocycles. The molecule has 1 fully saturated rings. The fraction of sp³-hybridized carbons (Fsp3) is 0.750. The minimum Gasteiger partial charge on any atom is -0.359 e. The third-order valence-corrected chi connectivity index (χ3v) is 2.01. The van der Waals surface area contributed by atoms with Crippen molar-refractivity contribution in [2.24, 2.45) is 0 Å². The molecule has 0 heterocycles. The minimum atomic E-state index is 0.153. The van der Waals surface area contributed by atoms with E-state index in [1.54, 1.807) is 7.05 Å². The second kappa shape index (κ2) is 3.59. The van der Waals surface area contributed by atoms with E-state index in [1.807, 2.05) is 0 Å². The summed E-state index contributed by atoms with van der Waals surface area (Å²) in [6, 6.07) is 0. The van der Waals surface area contributed by atoms with Gasteiger partial charge in [-0.3, -0.25) is 4.79 Å². The van der Waals surface area contributed by atoms with Crippen LogP contribution in [0.4, 0.5) is 0 Å². The molecule has 57 valence electrons. The number of hydrogen-bond donors (Lipinski definition) is 1. The molecule has 0 spiro atoms. The zero-order chi connectivity index (χ0) is 7.40. The van der Waals surface area contributed by atoms with Crippen molar-refractivity contribution in [1.29, 1.82) is 0 Å². The topological polar surface area (TPSA) is 29.1 Å². The Labute approximate surface area is 62.0 Å². The van der Waals surface area contributed by atoms with Crippen molar-refractivity contribution < 1.29 is 4.79 Å². The molecule has 0 saturated heterocycles. The summed E-state index contributed by atoms with van der Waals surface area (Å²) in [4.78, 5) is 11.0. The van der Waals surface area contributed by atoms with Gasteiger partial charge in [0.1, 0.15) is 0 Å². The molecule has 0 unspecified atom stereocenters. The van der Waals surface area contributed by atoms with E-state index in [2.05, 4.69) is 5.32 Å². The number of nitrogens with one attached hydrogen (secondary N) is 1. The van der Waals surface area contributed by atoms with E-state index >= 15 is 0 Å². The predicted octanol–water partition coefficient (Wildman–Crippen LogP) is 1.27. The van der Waals surface area contributed by atoms with Gasteiger partial charge < -0.3 is 5.32 Å². The van der Waals surface area contributed by atoms with Gasteiger partial charge in [0.2, 0.25) is 5.91 Å². The summed E-state index contributed by atoms with van der Waals surface area (Å²) in [6.07, 6.45) is 5.71. The molecule has 0 bridgehead atoms. The molecule has 1 aliphatic carbocycles. The summed E-state index contributed by atoms with van der Waals surface area (Å²) in [6.45, 7) is 0. The lowest BCUT2D eigenvalue weighted by Gasteiger charge is -2.18. The van der Waals surface area contributed by atoms with Gasteiger partial charge in [-0.2, -0.15) is 0 Å². The highest BCUT2D eigenvalue weighted by Gasteiger charge is 2.19. The van der Waals surface area contributed by atoms with E-state index < -0.39 is 0 Å². The molecule has 0 aromatic rings. The number of carbonyl (C=O) groups excluding carboxylic acids is 1. The molecule has 0 atom stereocenters. The maximum atomic E-state index is 11.0. The van der Waals surface area contributed by atoms with Crippen molar-refractivity contribution in [3.8, 4) is 0 Å². The normalized spacial score (nSPS) is 20.5. The van der Waals surface area contributed by atoms with Crippen LogP contribution in [0.15, 0.2) is 0 Å². The molecule has 1 N–H and O–H groups in total. The second-order valence-electron chi connectivity index (χ2n) is 2.74. The van der Waals surface area contributed by atoms with Crippen LogP contribution in [0.3, 0.4) is 0 Å². The Morgan fingerprint density at radius 2 is 1.90 bits per heavy atom. The first-order chi connectivity index (χ1) is 4.84. The van der Waals surface area contributed by atoms with Crippen molar-refractivity contribution >= 4 is 5.91 Å². The Hall–Kier alpha value is -0.530. The maximum Gasteiger partial charge on any atom is 0.227 e. The van der Waals surface area contributed by atoms with Crippen LogP contribution in [0.25, 0.3) is 0 Å². The molecule has 2 heteroatoms. The number of amides is 1. The summed E-state index contributed by atoms with van der Waals surface area (Å²) >= 11 is 0. The van der Waals surface area contributed by atoms with Crippen molar-refractivity contribution in [2.75, 3.05) is 7.05 Å². The minimum absolute atomic E-state index is 0.153. The average Bonchev–Trinajstić information content (AvgIpc) is 2.05. The quantitative estimate of drug-likeness (QED) is 0.584. The smallest absolute Gasteiger partial charge is 0.227 e. The van der Waals surface area contributed by atoms with E-state index in [0.717, 1.165) is 18.8 Å². The van der Waals surface area contributed by atoms with Crippen molar-refractivity contribution in [2.45, 2.75) is 32.1 Å². The standard InChI is InChI=1S/C8H14NO/c1-9-8(10)7-5-3-2-4-6-7/h2-6H2,1H3,(H,9,10). The third-order valence-electron chi connectivity index (χ3n) is 2.01. The number of rotatable bonds is 1. The highest BCUT2D eigenvalue weighted by molar-refractivity contribution is 5.89. The third kappa shape index (κ3) is 1.72. The average molecular weight is 140 g/mol. The van der Waals surface area contributed by atoms with Gasteiger partial charge in [-0.05, 0) is 12.8 Å². The summed E-state index contributed by atoms with van der Waals surface area (Å²) in [5, 5.41) is 2.66. The fourth-order valence-electron chi connectivity index (χ4n) is 1.38. The van der Waals surface area contributed by atoms with Gasteiger partial charge in [-0.15, -0.1) is 0 Å². The SMILES string of the molecule is CNC(=O)[C]1CCCCC1. The van der Waals surface area contributed by atoms with Gasteiger partial charge >= 0.3 is 0 Å². The largest absolute Gasteiger partial charge is 0.359 e. The zero-order valence-electron chi connectivity index (χ0n) is 6.44. The maximum absolute atomic E-state index is 11.0. The van der Waals surface area contributed by atoms with Crippen LogP contribution >= 0.6 is 0 Å². The van der Waals surface area contributed by atoms with Crippen molar-refractivity contribution in [3.63, 3.8) is 0 Å². The van der Waals surface area contributed by atoms with Gasteiger partial charge in [0.25, 0.3) is 0 Å². The van der Waals surface area contributed by atoms with E-state index in [0.29, 0.717) is 0 Å².